The Kier molecular flexibility index (Phi) is 14.5. The van der Waals surface area contributed by atoms with Gasteiger partial charge in [-0.1, -0.05) is 77.1 Å². The van der Waals surface area contributed by atoms with E-state index in [2.05, 4.69) is 24.7 Å². The van der Waals surface area contributed by atoms with E-state index in [-0.39, 0.29) is 0 Å². The summed E-state index contributed by atoms with van der Waals surface area (Å²) in [5.74, 6) is 8.13. The first kappa shape index (κ1) is 18.6. The number of carbonyl (C=O) groups is 1. The first-order chi connectivity index (χ1) is 9.77. The maximum Gasteiger partial charge on any atom is 0.117 e. The van der Waals surface area contributed by atoms with Crippen molar-refractivity contribution in [1.29, 1.82) is 0 Å². The maximum absolute atomic E-state index is 9.98. The van der Waals surface area contributed by atoms with Gasteiger partial charge < -0.3 is 9.90 Å². The second kappa shape index (κ2) is 15.6. The fraction of sp³-hybridized carbons (Fsp3) is 0.722. The lowest BCUT2D eigenvalue weighted by Gasteiger charge is -2.01. The monoisotopic (exact) mass is 275 g/mol. The minimum atomic E-state index is -1.37. The Balaban J connectivity index is 3.18. The quantitative estimate of drug-likeness (QED) is 0.428. The zero-order valence-electron chi connectivity index (χ0n) is 12.8. The van der Waals surface area contributed by atoms with Crippen molar-refractivity contribution in [3.05, 3.63) is 0 Å². The van der Waals surface area contributed by atoms with Crippen molar-refractivity contribution in [3.63, 3.8) is 0 Å². The summed E-state index contributed by atoms with van der Waals surface area (Å²) in [6.45, 7) is 2.25. The molecule has 20 heavy (non-hydrogen) atoms. The third-order valence-corrected chi connectivity index (χ3v) is 3.22. The van der Waals surface area contributed by atoms with Gasteiger partial charge in [0.1, 0.15) is 5.97 Å². The summed E-state index contributed by atoms with van der Waals surface area (Å²) in [4.78, 5) is 9.98. The first-order valence-electron chi connectivity index (χ1n) is 7.97. The molecule has 0 atom stereocenters. The first-order valence-corrected chi connectivity index (χ1v) is 7.97. The average molecular weight is 275 g/mol. The lowest BCUT2D eigenvalue weighted by molar-refractivity contribution is -0.295. The number of carboxylic acids is 1. The molecule has 112 valence electrons. The van der Waals surface area contributed by atoms with Crippen molar-refractivity contribution in [2.45, 2.75) is 84.0 Å². The minimum Gasteiger partial charge on any atom is -0.537 e. The van der Waals surface area contributed by atoms with Crippen LogP contribution in [0.4, 0.5) is 0 Å². The number of hydrogen-bond acceptors (Lipinski definition) is 2. The summed E-state index contributed by atoms with van der Waals surface area (Å²) in [6.07, 6.45) is 15.3. The molecule has 0 aromatic heterocycles. The molecular weight excluding hydrogens is 248 g/mol. The molecule has 0 N–H and O–H groups in total. The van der Waals surface area contributed by atoms with E-state index in [0.717, 1.165) is 12.8 Å². The van der Waals surface area contributed by atoms with Crippen LogP contribution < -0.4 is 5.11 Å². The molecule has 2 heteroatoms. The van der Waals surface area contributed by atoms with Gasteiger partial charge in [-0.25, -0.2) is 0 Å². The molecule has 0 radical (unpaired) electrons. The van der Waals surface area contributed by atoms with Gasteiger partial charge in [-0.3, -0.25) is 0 Å². The number of hydrogen-bond donors (Lipinski definition) is 0. The molecule has 0 aliphatic heterocycles. The number of carboxylic acid groups (broad SMARTS) is 1. The smallest absolute Gasteiger partial charge is 0.117 e. The SMILES string of the molecule is CCCCCCCCCCCCCC#CC#CC(=O)[O-]. The van der Waals surface area contributed by atoms with Crippen LogP contribution in [0.5, 0.6) is 0 Å². The van der Waals surface area contributed by atoms with E-state index in [1.807, 2.05) is 5.92 Å². The Bertz CT molecular complexity index is 349. The molecule has 0 aromatic rings. The van der Waals surface area contributed by atoms with E-state index >= 15 is 0 Å². The lowest BCUT2D eigenvalue weighted by atomic mass is 10.1. The van der Waals surface area contributed by atoms with Crippen LogP contribution in [0.2, 0.25) is 0 Å². The van der Waals surface area contributed by atoms with Gasteiger partial charge in [0.15, 0.2) is 0 Å². The van der Waals surface area contributed by atoms with E-state index in [0.29, 0.717) is 0 Å². The van der Waals surface area contributed by atoms with Crippen molar-refractivity contribution < 1.29 is 9.90 Å². The molecule has 0 bridgehead atoms. The number of unbranched alkanes of at least 4 members (excludes halogenated alkanes) is 11. The average Bonchev–Trinajstić information content (AvgIpc) is 2.43. The summed E-state index contributed by atoms with van der Waals surface area (Å²) >= 11 is 0. The van der Waals surface area contributed by atoms with Gasteiger partial charge in [-0.2, -0.15) is 0 Å². The Hall–Kier alpha value is -1.41. The van der Waals surface area contributed by atoms with Gasteiger partial charge in [0.25, 0.3) is 0 Å². The third-order valence-electron chi connectivity index (χ3n) is 3.22. The molecule has 0 aliphatic carbocycles. The predicted octanol–water partition coefficient (Wildman–Crippen LogP) is 3.44. The second-order valence-electron chi connectivity index (χ2n) is 5.12. The number of aliphatic carboxylic acids is 1. The molecule has 0 aromatic carbocycles. The zero-order valence-corrected chi connectivity index (χ0v) is 12.8. The molecular formula is C18H27O2-. The fourth-order valence-corrected chi connectivity index (χ4v) is 2.07. The molecule has 0 fully saturated rings. The van der Waals surface area contributed by atoms with Crippen molar-refractivity contribution in [1.82, 2.24) is 0 Å². The highest BCUT2D eigenvalue weighted by molar-refractivity contribution is 5.85. The highest BCUT2D eigenvalue weighted by Crippen LogP contribution is 2.11. The molecule has 0 saturated heterocycles. The largest absolute Gasteiger partial charge is 0.537 e. The van der Waals surface area contributed by atoms with Crippen LogP contribution in [0.15, 0.2) is 0 Å². The van der Waals surface area contributed by atoms with Crippen LogP contribution in [0, 0.1) is 23.7 Å². The Labute approximate surface area is 124 Å². The molecule has 0 spiro atoms. The van der Waals surface area contributed by atoms with Gasteiger partial charge in [-0.15, -0.1) is 0 Å². The molecule has 0 aliphatic rings. The minimum absolute atomic E-state index is 0.804. The molecule has 0 saturated carbocycles. The van der Waals surface area contributed by atoms with Crippen LogP contribution in [-0.4, -0.2) is 5.97 Å². The van der Waals surface area contributed by atoms with E-state index in [1.54, 1.807) is 0 Å². The van der Waals surface area contributed by atoms with Crippen LogP contribution in [0.1, 0.15) is 84.0 Å². The van der Waals surface area contributed by atoms with E-state index in [9.17, 15) is 9.90 Å². The fourth-order valence-electron chi connectivity index (χ4n) is 2.07. The number of rotatable bonds is 11. The topological polar surface area (TPSA) is 40.1 Å². The summed E-state index contributed by atoms with van der Waals surface area (Å²) in [7, 11) is 0. The molecule has 2 nitrogen and oxygen atoms in total. The van der Waals surface area contributed by atoms with Crippen LogP contribution >= 0.6 is 0 Å². The van der Waals surface area contributed by atoms with Gasteiger partial charge in [0.05, 0.1) is 0 Å². The van der Waals surface area contributed by atoms with E-state index < -0.39 is 5.97 Å². The molecule has 0 unspecified atom stereocenters. The summed E-state index contributed by atoms with van der Waals surface area (Å²) in [5.41, 5.74) is 0. The number of carbonyl (C=O) groups excluding carboxylic acids is 1. The molecule has 0 heterocycles. The van der Waals surface area contributed by atoms with Gasteiger partial charge >= 0.3 is 0 Å². The van der Waals surface area contributed by atoms with Crippen molar-refractivity contribution >= 4 is 5.97 Å². The van der Waals surface area contributed by atoms with Gasteiger partial charge in [0, 0.05) is 6.42 Å². The van der Waals surface area contributed by atoms with Crippen LogP contribution in [0.25, 0.3) is 0 Å². The third kappa shape index (κ3) is 16.6. The summed E-state index contributed by atoms with van der Waals surface area (Å²) in [5, 5.41) is 9.98. The van der Waals surface area contributed by atoms with E-state index in [1.165, 1.54) is 64.2 Å². The molecule has 0 rings (SSSR count). The Morgan fingerprint density at radius 3 is 1.80 bits per heavy atom. The second-order valence-corrected chi connectivity index (χ2v) is 5.12. The van der Waals surface area contributed by atoms with Gasteiger partial charge in [0.2, 0.25) is 0 Å². The maximum atomic E-state index is 9.98. The van der Waals surface area contributed by atoms with Gasteiger partial charge in [-0.05, 0) is 24.2 Å². The Morgan fingerprint density at radius 1 is 0.800 bits per heavy atom. The Morgan fingerprint density at radius 2 is 1.30 bits per heavy atom. The highest BCUT2D eigenvalue weighted by Gasteiger charge is 1.92. The van der Waals surface area contributed by atoms with E-state index in [4.69, 9.17) is 0 Å². The standard InChI is InChI=1S/C18H28O2/c1-2-3-4-5-6-7-8-9-10-11-12-13-14-15-16-17-18(19)20/h2-13H2,1H3,(H,19,20)/p-1. The molecule has 0 amide bonds. The lowest BCUT2D eigenvalue weighted by Crippen LogP contribution is -2.19. The normalized spacial score (nSPS) is 9.25. The zero-order chi connectivity index (χ0) is 14.9. The highest BCUT2D eigenvalue weighted by atomic mass is 16.4. The predicted molar refractivity (Wildman–Crippen MR) is 81.6 cm³/mol. The van der Waals surface area contributed by atoms with Crippen molar-refractivity contribution in [3.8, 4) is 23.7 Å². The van der Waals surface area contributed by atoms with Crippen LogP contribution in [-0.2, 0) is 4.79 Å². The van der Waals surface area contributed by atoms with Crippen LogP contribution in [0.3, 0.4) is 0 Å². The summed E-state index contributed by atoms with van der Waals surface area (Å²) < 4.78 is 0. The van der Waals surface area contributed by atoms with Crippen molar-refractivity contribution in [2.24, 2.45) is 0 Å². The summed E-state index contributed by atoms with van der Waals surface area (Å²) in [6, 6.07) is 0. The van der Waals surface area contributed by atoms with Crippen molar-refractivity contribution in [2.75, 3.05) is 0 Å².